The number of amides is 5. The molecule has 15 nitrogen and oxygen atoms in total. The number of carboxylic acids is 1. The number of benzene rings is 4. The number of hydrogen-bond donors (Lipinski definition) is 8. The first-order chi connectivity index (χ1) is 33.5. The molecule has 8 bridgehead atoms. The number of aromatic hydroxyl groups is 2. The van der Waals surface area contributed by atoms with E-state index in [2.05, 4.69) is 52.5 Å². The number of phenols is 2. The van der Waals surface area contributed by atoms with Crippen molar-refractivity contribution in [2.75, 3.05) is 20.1 Å². The van der Waals surface area contributed by atoms with Crippen molar-refractivity contribution in [3.05, 3.63) is 107 Å². The van der Waals surface area contributed by atoms with Crippen LogP contribution in [0.2, 0.25) is 0 Å². The monoisotopic (exact) mass is 954 g/mol. The number of likely N-dealkylation sites (N-methyl/N-ethyl adjacent to an activating group) is 1. The van der Waals surface area contributed by atoms with Gasteiger partial charge in [-0.2, -0.15) is 0 Å². The van der Waals surface area contributed by atoms with Gasteiger partial charge in [0.1, 0.15) is 35.7 Å². The number of unbranched alkanes of at least 4 members (excludes halogenated alkanes) is 1. The maximum atomic E-state index is 14.5. The van der Waals surface area contributed by atoms with Crippen molar-refractivity contribution < 1.29 is 44.1 Å². The van der Waals surface area contributed by atoms with Crippen molar-refractivity contribution in [2.24, 2.45) is 28.9 Å². The minimum atomic E-state index is -1.44. The first-order valence-electron chi connectivity index (χ1n) is 24.8. The molecule has 70 heavy (non-hydrogen) atoms. The molecule has 4 aromatic carbocycles. The third kappa shape index (κ3) is 10.8. The van der Waals surface area contributed by atoms with E-state index in [0.717, 1.165) is 33.8 Å². The van der Waals surface area contributed by atoms with E-state index in [1.165, 1.54) is 94.5 Å². The smallest absolute Gasteiger partial charge is 0.326 e. The molecule has 0 radical (unpaired) electrons. The molecule has 15 heteroatoms. The van der Waals surface area contributed by atoms with Crippen molar-refractivity contribution in [3.63, 3.8) is 0 Å². The Labute approximate surface area is 409 Å². The molecule has 5 atom stereocenters. The first-order valence-corrected chi connectivity index (χ1v) is 24.8. The van der Waals surface area contributed by atoms with Crippen LogP contribution in [0.5, 0.6) is 11.5 Å². The van der Waals surface area contributed by atoms with Gasteiger partial charge < -0.3 is 47.2 Å². The van der Waals surface area contributed by atoms with E-state index in [1.54, 1.807) is 12.1 Å². The lowest BCUT2D eigenvalue weighted by Crippen LogP contribution is -2.54. The Bertz CT molecular complexity index is 2580. The van der Waals surface area contributed by atoms with Crippen molar-refractivity contribution in [1.29, 1.82) is 0 Å². The van der Waals surface area contributed by atoms with Crippen molar-refractivity contribution in [3.8, 4) is 33.8 Å². The van der Waals surface area contributed by atoms with Crippen LogP contribution in [-0.2, 0) is 30.4 Å². The zero-order valence-electron chi connectivity index (χ0n) is 40.2. The van der Waals surface area contributed by atoms with Crippen LogP contribution >= 0.6 is 0 Å². The molecule has 0 spiro atoms. The maximum Gasteiger partial charge on any atom is 0.326 e. The molecule has 1 unspecified atom stereocenters. The second kappa shape index (κ2) is 21.1. The second-order valence-electron chi connectivity index (χ2n) is 20.4. The van der Waals surface area contributed by atoms with Crippen LogP contribution in [0.3, 0.4) is 0 Å². The molecule has 370 valence electrons. The summed E-state index contributed by atoms with van der Waals surface area (Å²) in [5, 5.41) is 42.5. The number of phenolic OH excluding ortho intramolecular Hbond substituents is 2. The minimum Gasteiger partial charge on any atom is -0.507 e. The fourth-order valence-corrected chi connectivity index (χ4v) is 12.1. The summed E-state index contributed by atoms with van der Waals surface area (Å²) in [6.45, 7) is 4.12. The topological polar surface area (TPSA) is 240 Å². The van der Waals surface area contributed by atoms with Gasteiger partial charge in [0.25, 0.3) is 5.91 Å². The number of rotatable bonds is 15. The van der Waals surface area contributed by atoms with Crippen LogP contribution in [0.25, 0.3) is 22.3 Å². The number of aliphatic carboxylic acids is 1. The quantitative estimate of drug-likeness (QED) is 0.0618. The molecule has 1 heterocycles. The summed E-state index contributed by atoms with van der Waals surface area (Å²) in [6, 6.07) is 19.6. The zero-order chi connectivity index (χ0) is 49.9. The lowest BCUT2D eigenvalue weighted by atomic mass is 9.46. The standard InChI is InChI=1S/C55H66N6O9/c1-31(55-28-34-22-35(29-55)24-36(23-34)30-55)37-8-10-38(11-9-37)39-12-14-40(15-13-39)51(66)57-21-19-48(64)59-44(6-4-5-20-56)53(68)61(3)49-41-16-18-47(63)43(27-41)42-25-33(7-17-46(42)62)26-45(54(69)70)60-50(65)32(2)58-52(49)67/h7-18,25,27,31-32,34-36,44-45,49,62-63H,4-6,19-24,26,28-30,56H2,1-3H3,(H,57,66)(H,58,67)(H,59,64)(H,60,65)(H,69,70)/t31?,32-,34?,35?,36?,44-,45-,49-,55?/m0/s1. The normalized spacial score (nSPS) is 24.6. The van der Waals surface area contributed by atoms with Gasteiger partial charge in [-0.3, -0.25) is 24.0 Å². The SMILES string of the molecule is CC(c1ccc(-c2ccc(C(=O)NCCC(=O)N[C@@H](CCCCN)C(=O)N(C)[C@@H]3C(=O)N[C@@H](C)C(=O)N[C@H](C(=O)O)Cc4ccc(O)c(c4)-c4cc3ccc4O)cc2)cc1)C12CC3CC(CC(C3)C1)C2. The molecular formula is C55H66N6O9. The number of carbonyl (C=O) groups excluding carboxylic acids is 5. The Morgan fingerprint density at radius 2 is 1.40 bits per heavy atom. The average Bonchev–Trinajstić information content (AvgIpc) is 3.33. The predicted octanol–water partition coefficient (Wildman–Crippen LogP) is 6.32. The molecule has 1 aliphatic heterocycles. The van der Waals surface area contributed by atoms with E-state index in [9.17, 15) is 44.1 Å². The minimum absolute atomic E-state index is 0.0204. The third-order valence-electron chi connectivity index (χ3n) is 15.6. The number of fused-ring (bicyclic) bond motifs is 5. The Morgan fingerprint density at radius 1 is 0.800 bits per heavy atom. The summed E-state index contributed by atoms with van der Waals surface area (Å²) >= 11 is 0. The number of carbonyl (C=O) groups is 6. The molecule has 4 aliphatic carbocycles. The predicted molar refractivity (Wildman–Crippen MR) is 264 cm³/mol. The molecule has 4 aromatic rings. The van der Waals surface area contributed by atoms with Gasteiger partial charge in [-0.1, -0.05) is 55.5 Å². The molecule has 5 amide bonds. The molecule has 0 aromatic heterocycles. The van der Waals surface area contributed by atoms with Gasteiger partial charge in [0, 0.05) is 43.1 Å². The van der Waals surface area contributed by atoms with Crippen molar-refractivity contribution in [2.45, 2.75) is 115 Å². The zero-order valence-corrected chi connectivity index (χ0v) is 40.2. The van der Waals surface area contributed by atoms with E-state index in [1.807, 2.05) is 12.1 Å². The maximum absolute atomic E-state index is 14.5. The van der Waals surface area contributed by atoms with Gasteiger partial charge in [0.15, 0.2) is 0 Å². The fourth-order valence-electron chi connectivity index (χ4n) is 12.1. The van der Waals surface area contributed by atoms with Crippen molar-refractivity contribution >= 4 is 35.5 Å². The van der Waals surface area contributed by atoms with Crippen LogP contribution in [-0.4, -0.2) is 94.0 Å². The summed E-state index contributed by atoms with van der Waals surface area (Å²) in [5.74, 6) is -1.72. The third-order valence-corrected chi connectivity index (χ3v) is 15.6. The Balaban J connectivity index is 0.917. The van der Waals surface area contributed by atoms with Gasteiger partial charge in [-0.15, -0.1) is 0 Å². The summed E-state index contributed by atoms with van der Waals surface area (Å²) < 4.78 is 0. The van der Waals surface area contributed by atoms with E-state index >= 15 is 0 Å². The van der Waals surface area contributed by atoms with Crippen LogP contribution in [0, 0.1) is 23.2 Å². The summed E-state index contributed by atoms with van der Waals surface area (Å²) in [6.07, 6.45) is 9.24. The lowest BCUT2D eigenvalue weighted by Gasteiger charge is -2.59. The second-order valence-corrected chi connectivity index (χ2v) is 20.4. The Morgan fingerprint density at radius 3 is 2.01 bits per heavy atom. The van der Waals surface area contributed by atoms with E-state index in [-0.39, 0.29) is 59.9 Å². The van der Waals surface area contributed by atoms with E-state index in [0.29, 0.717) is 41.8 Å². The summed E-state index contributed by atoms with van der Waals surface area (Å²) in [7, 11) is 1.37. The number of carboxylic acid groups (broad SMARTS) is 1. The highest BCUT2D eigenvalue weighted by atomic mass is 16.4. The highest BCUT2D eigenvalue weighted by Crippen LogP contribution is 2.64. The van der Waals surface area contributed by atoms with Crippen LogP contribution < -0.4 is 27.0 Å². The van der Waals surface area contributed by atoms with Gasteiger partial charge >= 0.3 is 5.97 Å². The molecule has 4 fully saturated rings. The van der Waals surface area contributed by atoms with Crippen LogP contribution in [0.4, 0.5) is 0 Å². The Kier molecular flexibility index (Phi) is 15.0. The van der Waals surface area contributed by atoms with Gasteiger partial charge in [0.2, 0.25) is 23.6 Å². The summed E-state index contributed by atoms with van der Waals surface area (Å²) in [5.41, 5.74) is 11.0. The average molecular weight is 955 g/mol. The van der Waals surface area contributed by atoms with E-state index < -0.39 is 53.8 Å². The number of nitrogens with one attached hydrogen (secondary N) is 4. The number of nitrogens with two attached hydrogens (primary N) is 1. The molecule has 4 saturated carbocycles. The highest BCUT2D eigenvalue weighted by Gasteiger charge is 2.53. The van der Waals surface area contributed by atoms with Crippen LogP contribution in [0.1, 0.15) is 117 Å². The van der Waals surface area contributed by atoms with Gasteiger partial charge in [-0.05, 0) is 165 Å². The molecule has 5 aliphatic rings. The highest BCUT2D eigenvalue weighted by molar-refractivity contribution is 5.97. The molecule has 9 rings (SSSR count). The number of nitrogens with zero attached hydrogens (tertiary/aromatic N) is 1. The van der Waals surface area contributed by atoms with Gasteiger partial charge in [-0.25, -0.2) is 4.79 Å². The van der Waals surface area contributed by atoms with Gasteiger partial charge in [0.05, 0.1) is 0 Å². The van der Waals surface area contributed by atoms with E-state index in [4.69, 9.17) is 5.73 Å². The summed E-state index contributed by atoms with van der Waals surface area (Å²) in [4.78, 5) is 82.0. The Hall–Kier alpha value is -6.74. The number of hydrogen-bond acceptors (Lipinski definition) is 9. The van der Waals surface area contributed by atoms with Crippen molar-refractivity contribution in [1.82, 2.24) is 26.2 Å². The first kappa shape index (κ1) is 49.7. The molecular weight excluding hydrogens is 889 g/mol. The lowest BCUT2D eigenvalue weighted by molar-refractivity contribution is -0.144. The van der Waals surface area contributed by atoms with Crippen LogP contribution in [0.15, 0.2) is 84.9 Å². The fraction of sp³-hybridized carbons (Fsp3) is 0.455. The molecule has 0 saturated heterocycles. The largest absolute Gasteiger partial charge is 0.507 e. The molecule has 9 N–H and O–H groups in total.